The molecular weight excluding hydrogens is 346 g/mol. The number of aromatic nitrogens is 2. The van der Waals surface area contributed by atoms with Crippen LogP contribution in [0.25, 0.3) is 0 Å². The van der Waals surface area contributed by atoms with Gasteiger partial charge in [0.1, 0.15) is 11.4 Å². The topological polar surface area (TPSA) is 88.5 Å². The van der Waals surface area contributed by atoms with Crippen LogP contribution in [0.1, 0.15) is 44.3 Å². The first-order chi connectivity index (χ1) is 13.1. The second-order valence-electron chi connectivity index (χ2n) is 8.40. The Labute approximate surface area is 158 Å². The smallest absolute Gasteiger partial charge is 0.317 e. The minimum absolute atomic E-state index is 0.0187. The van der Waals surface area contributed by atoms with Gasteiger partial charge in [-0.25, -0.2) is 9.78 Å². The molecule has 1 atom stereocenters. The highest BCUT2D eigenvalue weighted by molar-refractivity contribution is 5.81. The van der Waals surface area contributed by atoms with Crippen LogP contribution >= 0.6 is 0 Å². The van der Waals surface area contributed by atoms with Crippen LogP contribution in [0.3, 0.4) is 0 Å². The van der Waals surface area contributed by atoms with E-state index in [2.05, 4.69) is 15.6 Å². The Morgan fingerprint density at radius 2 is 2.00 bits per heavy atom. The molecule has 8 nitrogen and oxygen atoms in total. The Morgan fingerprint density at radius 3 is 2.70 bits per heavy atom. The normalized spacial score (nSPS) is 26.5. The van der Waals surface area contributed by atoms with Crippen LogP contribution in [-0.2, 0) is 21.7 Å². The molecule has 1 aromatic heterocycles. The van der Waals surface area contributed by atoms with Crippen LogP contribution in [0.2, 0.25) is 0 Å². The van der Waals surface area contributed by atoms with Crippen LogP contribution < -0.4 is 10.6 Å². The monoisotopic (exact) mass is 373 g/mol. The number of imidazole rings is 1. The molecule has 4 aliphatic rings. The quantitative estimate of drug-likeness (QED) is 0.823. The number of amides is 3. The van der Waals surface area contributed by atoms with Gasteiger partial charge in [-0.3, -0.25) is 4.79 Å². The minimum Gasteiger partial charge on any atom is -0.354 e. The highest BCUT2D eigenvalue weighted by Crippen LogP contribution is 2.40. The summed E-state index contributed by atoms with van der Waals surface area (Å²) < 4.78 is 8.43. The average Bonchev–Trinajstić information content (AvgIpc) is 3.60. The lowest BCUT2D eigenvalue weighted by Gasteiger charge is -2.45. The molecule has 0 aromatic carbocycles. The zero-order valence-corrected chi connectivity index (χ0v) is 15.5. The number of fused-ring (bicyclic) bond motifs is 2. The van der Waals surface area contributed by atoms with Crippen molar-refractivity contribution in [2.45, 2.75) is 62.8 Å². The first-order valence-electron chi connectivity index (χ1n) is 10.2. The molecule has 1 spiro atoms. The third-order valence-electron chi connectivity index (χ3n) is 6.17. The van der Waals surface area contributed by atoms with Crippen molar-refractivity contribution >= 4 is 11.9 Å². The third-order valence-corrected chi connectivity index (χ3v) is 6.17. The largest absolute Gasteiger partial charge is 0.354 e. The Hall–Kier alpha value is -2.09. The number of nitrogens with zero attached hydrogens (tertiary/aromatic N) is 3. The summed E-state index contributed by atoms with van der Waals surface area (Å²) in [6.07, 6.45) is 9.11. The van der Waals surface area contributed by atoms with Crippen LogP contribution in [0.4, 0.5) is 4.79 Å². The van der Waals surface area contributed by atoms with Crippen molar-refractivity contribution < 1.29 is 14.3 Å². The van der Waals surface area contributed by atoms with Gasteiger partial charge in [0.2, 0.25) is 0 Å². The highest BCUT2D eigenvalue weighted by atomic mass is 16.5. The standard InChI is InChI=1S/C19H27N5O3/c25-16(21-11-13-1-2-13)15-12-24-10-7-20-17(24)19(27-15)5-8-23(9-6-19)18(26)22-14-3-4-14/h7,10,13-15H,1-6,8-9,11-12H2,(H,21,25)(H,22,26). The van der Waals surface area contributed by atoms with Crippen LogP contribution in [0, 0.1) is 5.92 Å². The van der Waals surface area contributed by atoms with Crippen molar-refractivity contribution in [3.8, 4) is 0 Å². The predicted octanol–water partition coefficient (Wildman–Crippen LogP) is 0.971. The second kappa shape index (κ2) is 6.51. The molecule has 2 N–H and O–H groups in total. The Balaban J connectivity index is 1.27. The Morgan fingerprint density at radius 1 is 1.22 bits per heavy atom. The number of carbonyl (C=O) groups excluding carboxylic acids is 2. The van der Waals surface area contributed by atoms with E-state index in [0.717, 1.165) is 25.2 Å². The van der Waals surface area contributed by atoms with E-state index in [1.807, 2.05) is 15.7 Å². The molecule has 2 aliphatic heterocycles. The second-order valence-corrected chi connectivity index (χ2v) is 8.40. The van der Waals surface area contributed by atoms with Gasteiger partial charge >= 0.3 is 6.03 Å². The number of hydrogen-bond acceptors (Lipinski definition) is 4. The molecule has 1 saturated heterocycles. The summed E-state index contributed by atoms with van der Waals surface area (Å²) in [6.45, 7) is 2.47. The van der Waals surface area contributed by atoms with E-state index in [4.69, 9.17) is 4.74 Å². The number of carbonyl (C=O) groups is 2. The highest BCUT2D eigenvalue weighted by Gasteiger charge is 2.48. The lowest BCUT2D eigenvalue weighted by molar-refractivity contribution is -0.171. The minimum atomic E-state index is -0.584. The van der Waals surface area contributed by atoms with Crippen molar-refractivity contribution in [3.05, 3.63) is 18.2 Å². The molecule has 3 heterocycles. The van der Waals surface area contributed by atoms with Gasteiger partial charge in [0, 0.05) is 50.9 Å². The van der Waals surface area contributed by atoms with Gasteiger partial charge in [-0.15, -0.1) is 0 Å². The predicted molar refractivity (Wildman–Crippen MR) is 96.9 cm³/mol. The number of rotatable bonds is 4. The average molecular weight is 373 g/mol. The fourth-order valence-corrected chi connectivity index (χ4v) is 4.12. The molecule has 27 heavy (non-hydrogen) atoms. The van der Waals surface area contributed by atoms with Crippen molar-refractivity contribution in [1.29, 1.82) is 0 Å². The van der Waals surface area contributed by atoms with E-state index in [-0.39, 0.29) is 11.9 Å². The van der Waals surface area contributed by atoms with Gasteiger partial charge in [0.15, 0.2) is 6.10 Å². The molecular formula is C19H27N5O3. The molecule has 2 aliphatic carbocycles. The summed E-state index contributed by atoms with van der Waals surface area (Å²) in [5.41, 5.74) is -0.584. The van der Waals surface area contributed by atoms with Crippen molar-refractivity contribution in [2.75, 3.05) is 19.6 Å². The summed E-state index contributed by atoms with van der Waals surface area (Å²) in [5, 5.41) is 6.09. The number of likely N-dealkylation sites (tertiary alicyclic amines) is 1. The lowest BCUT2D eigenvalue weighted by Crippen LogP contribution is -2.56. The summed E-state index contributed by atoms with van der Waals surface area (Å²) in [6, 6.07) is 0.378. The summed E-state index contributed by atoms with van der Waals surface area (Å²) in [4.78, 5) is 31.4. The summed E-state index contributed by atoms with van der Waals surface area (Å²) >= 11 is 0. The number of hydrogen-bond donors (Lipinski definition) is 2. The maximum absolute atomic E-state index is 12.6. The lowest BCUT2D eigenvalue weighted by atomic mass is 9.88. The van der Waals surface area contributed by atoms with Crippen molar-refractivity contribution in [2.24, 2.45) is 5.92 Å². The molecule has 146 valence electrons. The van der Waals surface area contributed by atoms with E-state index in [0.29, 0.717) is 44.4 Å². The van der Waals surface area contributed by atoms with Crippen LogP contribution in [0.5, 0.6) is 0 Å². The fraction of sp³-hybridized carbons (Fsp3) is 0.737. The number of ether oxygens (including phenoxy) is 1. The number of nitrogens with one attached hydrogen (secondary N) is 2. The van der Waals surface area contributed by atoms with E-state index < -0.39 is 11.7 Å². The maximum Gasteiger partial charge on any atom is 0.317 e. The Kier molecular flexibility index (Phi) is 4.11. The number of urea groups is 1. The molecule has 3 amide bonds. The molecule has 3 fully saturated rings. The molecule has 1 unspecified atom stereocenters. The van der Waals surface area contributed by atoms with Crippen molar-refractivity contribution in [1.82, 2.24) is 25.1 Å². The molecule has 5 rings (SSSR count). The molecule has 0 radical (unpaired) electrons. The van der Waals surface area contributed by atoms with E-state index in [1.54, 1.807) is 6.20 Å². The zero-order chi connectivity index (χ0) is 18.4. The zero-order valence-electron chi connectivity index (χ0n) is 15.5. The number of piperidine rings is 1. The molecule has 1 aromatic rings. The molecule has 0 bridgehead atoms. The summed E-state index contributed by atoms with van der Waals surface area (Å²) in [7, 11) is 0. The van der Waals surface area contributed by atoms with E-state index in [1.165, 1.54) is 12.8 Å². The van der Waals surface area contributed by atoms with Crippen molar-refractivity contribution in [3.63, 3.8) is 0 Å². The first-order valence-corrected chi connectivity index (χ1v) is 10.2. The van der Waals surface area contributed by atoms with Gasteiger partial charge in [-0.05, 0) is 31.6 Å². The van der Waals surface area contributed by atoms with Gasteiger partial charge in [0.25, 0.3) is 5.91 Å². The first kappa shape index (κ1) is 17.0. The third kappa shape index (κ3) is 3.42. The fourth-order valence-electron chi connectivity index (χ4n) is 4.12. The van der Waals surface area contributed by atoms with Gasteiger partial charge in [-0.2, -0.15) is 0 Å². The van der Waals surface area contributed by atoms with Gasteiger partial charge in [-0.1, -0.05) is 0 Å². The van der Waals surface area contributed by atoms with Crippen LogP contribution in [0.15, 0.2) is 12.4 Å². The molecule has 8 heteroatoms. The Bertz CT molecular complexity index is 731. The SMILES string of the molecule is O=C(NCC1CC1)C1Cn2ccnc2C2(CCN(C(=O)NC3CC3)CC2)O1. The maximum atomic E-state index is 12.6. The van der Waals surface area contributed by atoms with E-state index >= 15 is 0 Å². The molecule has 2 saturated carbocycles. The van der Waals surface area contributed by atoms with E-state index in [9.17, 15) is 9.59 Å². The van der Waals surface area contributed by atoms with Gasteiger partial charge in [0.05, 0.1) is 6.54 Å². The summed E-state index contributed by atoms with van der Waals surface area (Å²) in [5.74, 6) is 1.49. The van der Waals surface area contributed by atoms with Gasteiger partial charge < -0.3 is 24.8 Å². The van der Waals surface area contributed by atoms with Crippen LogP contribution in [-0.4, -0.2) is 58.2 Å².